The van der Waals surface area contributed by atoms with E-state index >= 15 is 0 Å². The van der Waals surface area contributed by atoms with Crippen LogP contribution in [0.3, 0.4) is 0 Å². The molecular weight excluding hydrogens is 184 g/mol. The Hall–Kier alpha value is -1.26. The van der Waals surface area contributed by atoms with Gasteiger partial charge in [0.15, 0.2) is 6.29 Å². The summed E-state index contributed by atoms with van der Waals surface area (Å²) in [4.78, 5) is 23.5. The number of hydrogen-bond donors (Lipinski definition) is 0. The summed E-state index contributed by atoms with van der Waals surface area (Å²) >= 11 is 0. The summed E-state index contributed by atoms with van der Waals surface area (Å²) in [7, 11) is 0. The van der Waals surface area contributed by atoms with E-state index in [9.17, 15) is 14.9 Å². The predicted octanol–water partition coefficient (Wildman–Crippen LogP) is 1.48. The SMILES string of the molecule is CCCCCCN=CC(C=O)[N+](=O)[O-]. The van der Waals surface area contributed by atoms with Crippen molar-refractivity contribution in [3.8, 4) is 0 Å². The molecule has 0 spiro atoms. The number of unbranched alkanes of at least 4 members (excludes halogenated alkanes) is 3. The minimum atomic E-state index is -1.28. The van der Waals surface area contributed by atoms with Gasteiger partial charge in [-0.2, -0.15) is 0 Å². The molecule has 1 unspecified atom stereocenters. The van der Waals surface area contributed by atoms with Crippen LogP contribution in [0.15, 0.2) is 4.99 Å². The number of nitro groups is 1. The molecule has 0 N–H and O–H groups in total. The minimum absolute atomic E-state index is 0.287. The van der Waals surface area contributed by atoms with Gasteiger partial charge in [-0.1, -0.05) is 26.2 Å². The Bertz CT molecular complexity index is 204. The highest BCUT2D eigenvalue weighted by atomic mass is 16.6. The zero-order valence-electron chi connectivity index (χ0n) is 8.39. The van der Waals surface area contributed by atoms with E-state index < -0.39 is 11.0 Å². The van der Waals surface area contributed by atoms with E-state index in [-0.39, 0.29) is 6.29 Å². The molecular formula is C9H16N2O3. The van der Waals surface area contributed by atoms with E-state index in [4.69, 9.17) is 0 Å². The Morgan fingerprint density at radius 2 is 2.14 bits per heavy atom. The lowest BCUT2D eigenvalue weighted by atomic mass is 10.2. The third kappa shape index (κ3) is 6.28. The Kier molecular flexibility index (Phi) is 7.59. The minimum Gasteiger partial charge on any atom is -0.295 e. The number of rotatable bonds is 8. The molecule has 1 atom stereocenters. The highest BCUT2D eigenvalue weighted by Crippen LogP contribution is 1.98. The van der Waals surface area contributed by atoms with Crippen LogP contribution in [0, 0.1) is 10.1 Å². The lowest BCUT2D eigenvalue weighted by Gasteiger charge is -1.95. The van der Waals surface area contributed by atoms with Gasteiger partial charge in [-0.05, 0) is 6.42 Å². The molecule has 0 aromatic carbocycles. The average molecular weight is 200 g/mol. The summed E-state index contributed by atoms with van der Waals surface area (Å²) < 4.78 is 0. The molecule has 0 amide bonds. The molecule has 0 fully saturated rings. The van der Waals surface area contributed by atoms with Crippen molar-refractivity contribution in [3.05, 3.63) is 10.1 Å². The van der Waals surface area contributed by atoms with E-state index in [0.29, 0.717) is 6.54 Å². The molecule has 0 rings (SSSR count). The first-order valence-corrected chi connectivity index (χ1v) is 4.81. The summed E-state index contributed by atoms with van der Waals surface area (Å²) in [5, 5.41) is 10.2. The standard InChI is InChI=1S/C9H16N2O3/c1-2-3-4-5-6-10-7-9(8-12)11(13)14/h7-9H,2-6H2,1H3. The molecule has 0 aliphatic heterocycles. The molecule has 0 aromatic heterocycles. The second-order valence-electron chi connectivity index (χ2n) is 3.03. The van der Waals surface area contributed by atoms with Gasteiger partial charge < -0.3 is 0 Å². The maximum atomic E-state index is 10.2. The highest BCUT2D eigenvalue weighted by Gasteiger charge is 2.13. The molecule has 5 nitrogen and oxygen atoms in total. The zero-order chi connectivity index (χ0) is 10.8. The van der Waals surface area contributed by atoms with Crippen LogP contribution < -0.4 is 0 Å². The molecule has 0 radical (unpaired) electrons. The van der Waals surface area contributed by atoms with Crippen LogP contribution in [0.1, 0.15) is 32.6 Å². The molecule has 0 aromatic rings. The Morgan fingerprint density at radius 3 is 2.64 bits per heavy atom. The van der Waals surface area contributed by atoms with Gasteiger partial charge in [-0.15, -0.1) is 0 Å². The van der Waals surface area contributed by atoms with Crippen molar-refractivity contribution in [1.82, 2.24) is 0 Å². The average Bonchev–Trinajstić information content (AvgIpc) is 2.16. The van der Waals surface area contributed by atoms with Crippen LogP contribution in [0.25, 0.3) is 0 Å². The molecule has 0 saturated heterocycles. The van der Waals surface area contributed by atoms with Crippen LogP contribution in [-0.2, 0) is 4.79 Å². The van der Waals surface area contributed by atoms with Crippen LogP contribution in [0.4, 0.5) is 0 Å². The third-order valence-corrected chi connectivity index (χ3v) is 1.78. The lowest BCUT2D eigenvalue weighted by molar-refractivity contribution is -0.485. The second-order valence-corrected chi connectivity index (χ2v) is 3.03. The molecule has 0 aliphatic carbocycles. The molecule has 0 aliphatic rings. The fraction of sp³-hybridized carbons (Fsp3) is 0.778. The van der Waals surface area contributed by atoms with Crippen molar-refractivity contribution < 1.29 is 9.72 Å². The van der Waals surface area contributed by atoms with Crippen molar-refractivity contribution in [3.63, 3.8) is 0 Å². The first-order valence-electron chi connectivity index (χ1n) is 4.81. The third-order valence-electron chi connectivity index (χ3n) is 1.78. The lowest BCUT2D eigenvalue weighted by Crippen LogP contribution is -2.22. The van der Waals surface area contributed by atoms with Crippen LogP contribution in [-0.4, -0.2) is 30.0 Å². The van der Waals surface area contributed by atoms with Crippen LogP contribution in [0.5, 0.6) is 0 Å². The number of nitrogens with zero attached hydrogens (tertiary/aromatic N) is 2. The van der Waals surface area contributed by atoms with E-state index in [1.165, 1.54) is 0 Å². The van der Waals surface area contributed by atoms with Gasteiger partial charge in [0.05, 0.1) is 6.21 Å². The normalized spacial score (nSPS) is 12.9. The first kappa shape index (κ1) is 12.7. The number of aldehydes is 1. The van der Waals surface area contributed by atoms with Gasteiger partial charge >= 0.3 is 6.04 Å². The van der Waals surface area contributed by atoms with Gasteiger partial charge in [-0.25, -0.2) is 0 Å². The van der Waals surface area contributed by atoms with Crippen LogP contribution >= 0.6 is 0 Å². The summed E-state index contributed by atoms with van der Waals surface area (Å²) in [6.07, 6.45) is 5.71. The number of carbonyl (C=O) groups excluding carboxylic acids is 1. The van der Waals surface area contributed by atoms with E-state index in [0.717, 1.165) is 31.9 Å². The van der Waals surface area contributed by atoms with E-state index in [1.54, 1.807) is 0 Å². The molecule has 0 bridgehead atoms. The van der Waals surface area contributed by atoms with Gasteiger partial charge in [-0.3, -0.25) is 19.9 Å². The zero-order valence-corrected chi connectivity index (χ0v) is 8.39. The summed E-state index contributed by atoms with van der Waals surface area (Å²) in [5.74, 6) is 0. The number of hydrogen-bond acceptors (Lipinski definition) is 4. The van der Waals surface area contributed by atoms with Crippen molar-refractivity contribution in [2.24, 2.45) is 4.99 Å². The van der Waals surface area contributed by atoms with E-state index in [2.05, 4.69) is 11.9 Å². The van der Waals surface area contributed by atoms with Crippen molar-refractivity contribution in [2.75, 3.05) is 6.54 Å². The molecule has 0 heterocycles. The topological polar surface area (TPSA) is 72.6 Å². The maximum absolute atomic E-state index is 10.2. The molecule has 14 heavy (non-hydrogen) atoms. The first-order chi connectivity index (χ1) is 6.72. The molecule has 80 valence electrons. The van der Waals surface area contributed by atoms with E-state index in [1.807, 2.05) is 0 Å². The Labute approximate surface area is 83.4 Å². The quantitative estimate of drug-likeness (QED) is 0.196. The maximum Gasteiger partial charge on any atom is 0.301 e. The number of carbonyl (C=O) groups is 1. The predicted molar refractivity (Wildman–Crippen MR) is 54.3 cm³/mol. The Morgan fingerprint density at radius 1 is 1.43 bits per heavy atom. The van der Waals surface area contributed by atoms with Gasteiger partial charge in [0.2, 0.25) is 0 Å². The highest BCUT2D eigenvalue weighted by molar-refractivity contribution is 5.83. The van der Waals surface area contributed by atoms with Gasteiger partial charge in [0, 0.05) is 11.5 Å². The number of aliphatic imine (C=N–C) groups is 1. The van der Waals surface area contributed by atoms with Gasteiger partial charge in [0.1, 0.15) is 0 Å². The fourth-order valence-electron chi connectivity index (χ4n) is 0.952. The monoisotopic (exact) mass is 200 g/mol. The fourth-order valence-corrected chi connectivity index (χ4v) is 0.952. The van der Waals surface area contributed by atoms with Crippen LogP contribution in [0.2, 0.25) is 0 Å². The summed E-state index contributed by atoms with van der Waals surface area (Å²) in [6.45, 7) is 2.68. The summed E-state index contributed by atoms with van der Waals surface area (Å²) in [6, 6.07) is -1.28. The van der Waals surface area contributed by atoms with Crippen molar-refractivity contribution in [2.45, 2.75) is 38.6 Å². The smallest absolute Gasteiger partial charge is 0.295 e. The van der Waals surface area contributed by atoms with Crippen molar-refractivity contribution >= 4 is 12.5 Å². The molecule has 5 heteroatoms. The van der Waals surface area contributed by atoms with Crippen molar-refractivity contribution in [1.29, 1.82) is 0 Å². The summed E-state index contributed by atoms with van der Waals surface area (Å²) in [5.41, 5.74) is 0. The molecule has 0 saturated carbocycles. The second kappa shape index (κ2) is 8.34. The van der Waals surface area contributed by atoms with Gasteiger partial charge in [0.25, 0.3) is 0 Å². The Balaban J connectivity index is 3.59. The largest absolute Gasteiger partial charge is 0.301 e.